The Morgan fingerprint density at radius 3 is 1.59 bits per heavy atom. The smallest absolute Gasteiger partial charge is 0.148 e. The Bertz CT molecular complexity index is 954. The maximum absolute atomic E-state index is 5.68. The molecule has 0 saturated heterocycles. The van der Waals surface area contributed by atoms with Crippen molar-refractivity contribution in [2.75, 3.05) is 20.0 Å². The molecule has 0 bridgehead atoms. The van der Waals surface area contributed by atoms with Crippen molar-refractivity contribution < 1.29 is 9.47 Å². The molecule has 0 aromatic heterocycles. The standard InChI is InChI=1S/C20H19N5O2/c1-26-19-13-18(25-23-16-10-8-14(21)9-11-16)20(27-2)12-17(19)24-22-15-6-4-3-5-7-15/h3-13H,21H2,1-2H3. The average Bonchev–Trinajstić information content (AvgIpc) is 2.72. The van der Waals surface area contributed by atoms with Crippen molar-refractivity contribution >= 4 is 28.4 Å². The predicted octanol–water partition coefficient (Wildman–Crippen LogP) is 6.12. The van der Waals surface area contributed by atoms with Gasteiger partial charge in [0.05, 0.1) is 25.6 Å². The first-order valence-electron chi connectivity index (χ1n) is 8.19. The molecule has 0 aliphatic rings. The number of ether oxygens (including phenoxy) is 2. The van der Waals surface area contributed by atoms with Crippen molar-refractivity contribution in [3.05, 3.63) is 66.7 Å². The number of azo groups is 2. The molecule has 0 radical (unpaired) electrons. The Balaban J connectivity index is 1.91. The summed E-state index contributed by atoms with van der Waals surface area (Å²) < 4.78 is 10.8. The first-order valence-corrected chi connectivity index (χ1v) is 8.19. The fraction of sp³-hybridized carbons (Fsp3) is 0.100. The van der Waals surface area contributed by atoms with E-state index < -0.39 is 0 Å². The molecule has 0 aliphatic carbocycles. The summed E-state index contributed by atoms with van der Waals surface area (Å²) in [6.45, 7) is 0. The van der Waals surface area contributed by atoms with E-state index in [1.165, 1.54) is 0 Å². The molecule has 0 heterocycles. The van der Waals surface area contributed by atoms with Gasteiger partial charge in [-0.3, -0.25) is 0 Å². The number of anilines is 1. The summed E-state index contributed by atoms with van der Waals surface area (Å²) in [4.78, 5) is 0. The lowest BCUT2D eigenvalue weighted by molar-refractivity contribution is 0.405. The van der Waals surface area contributed by atoms with Crippen LogP contribution in [0.3, 0.4) is 0 Å². The van der Waals surface area contributed by atoms with E-state index in [0.29, 0.717) is 34.2 Å². The van der Waals surface area contributed by atoms with Crippen LogP contribution in [-0.2, 0) is 0 Å². The minimum Gasteiger partial charge on any atom is -0.494 e. The van der Waals surface area contributed by atoms with Gasteiger partial charge in [0.25, 0.3) is 0 Å². The first-order chi connectivity index (χ1) is 13.2. The second-order valence-electron chi connectivity index (χ2n) is 5.52. The minimum atomic E-state index is 0.511. The topological polar surface area (TPSA) is 93.9 Å². The van der Waals surface area contributed by atoms with E-state index in [2.05, 4.69) is 20.5 Å². The van der Waals surface area contributed by atoms with Gasteiger partial charge in [-0.25, -0.2) is 0 Å². The summed E-state index contributed by atoms with van der Waals surface area (Å²) in [5.74, 6) is 1.03. The van der Waals surface area contributed by atoms with E-state index >= 15 is 0 Å². The number of nitrogen functional groups attached to an aromatic ring is 1. The highest BCUT2D eigenvalue weighted by atomic mass is 16.5. The molecule has 136 valence electrons. The maximum atomic E-state index is 5.68. The lowest BCUT2D eigenvalue weighted by atomic mass is 10.2. The van der Waals surface area contributed by atoms with Crippen LogP contribution in [0.5, 0.6) is 11.5 Å². The van der Waals surface area contributed by atoms with Gasteiger partial charge in [-0.15, -0.1) is 10.2 Å². The van der Waals surface area contributed by atoms with Crippen molar-refractivity contribution in [1.29, 1.82) is 0 Å². The van der Waals surface area contributed by atoms with Gasteiger partial charge in [0.15, 0.2) is 0 Å². The number of nitrogens with zero attached hydrogens (tertiary/aromatic N) is 4. The van der Waals surface area contributed by atoms with Crippen LogP contribution in [0.4, 0.5) is 28.4 Å². The Morgan fingerprint density at radius 2 is 1.11 bits per heavy atom. The van der Waals surface area contributed by atoms with Gasteiger partial charge in [0.1, 0.15) is 22.9 Å². The zero-order valence-corrected chi connectivity index (χ0v) is 15.0. The number of methoxy groups -OCH3 is 2. The highest BCUT2D eigenvalue weighted by Gasteiger charge is 2.11. The fourth-order valence-corrected chi connectivity index (χ4v) is 2.28. The van der Waals surface area contributed by atoms with Crippen LogP contribution in [0.15, 0.2) is 87.2 Å². The highest BCUT2D eigenvalue weighted by Crippen LogP contribution is 2.40. The number of benzene rings is 3. The van der Waals surface area contributed by atoms with E-state index in [-0.39, 0.29) is 0 Å². The zero-order valence-electron chi connectivity index (χ0n) is 15.0. The minimum absolute atomic E-state index is 0.511. The fourth-order valence-electron chi connectivity index (χ4n) is 2.28. The van der Waals surface area contributed by atoms with Gasteiger partial charge < -0.3 is 15.2 Å². The molecule has 7 heteroatoms. The van der Waals surface area contributed by atoms with E-state index in [0.717, 1.165) is 5.69 Å². The molecule has 0 fully saturated rings. The molecule has 0 atom stereocenters. The second kappa shape index (κ2) is 8.57. The van der Waals surface area contributed by atoms with Crippen LogP contribution in [-0.4, -0.2) is 14.2 Å². The van der Waals surface area contributed by atoms with Gasteiger partial charge in [0.2, 0.25) is 0 Å². The van der Waals surface area contributed by atoms with Gasteiger partial charge in [-0.05, 0) is 36.4 Å². The van der Waals surface area contributed by atoms with Crippen molar-refractivity contribution in [1.82, 2.24) is 0 Å². The Morgan fingerprint density at radius 1 is 0.630 bits per heavy atom. The molecule has 0 amide bonds. The van der Waals surface area contributed by atoms with Crippen molar-refractivity contribution in [3.8, 4) is 11.5 Å². The summed E-state index contributed by atoms with van der Waals surface area (Å²) in [7, 11) is 3.12. The van der Waals surface area contributed by atoms with E-state index in [1.807, 2.05) is 30.3 Å². The third kappa shape index (κ3) is 4.66. The number of hydrogen-bond acceptors (Lipinski definition) is 7. The van der Waals surface area contributed by atoms with Crippen molar-refractivity contribution in [2.24, 2.45) is 20.5 Å². The zero-order chi connectivity index (χ0) is 19.1. The SMILES string of the molecule is COc1cc(N=Nc2ccc(N)cc2)c(OC)cc1N=Nc1ccccc1. The monoisotopic (exact) mass is 361 g/mol. The van der Waals surface area contributed by atoms with Gasteiger partial charge in [-0.2, -0.15) is 10.2 Å². The van der Waals surface area contributed by atoms with Gasteiger partial charge >= 0.3 is 0 Å². The van der Waals surface area contributed by atoms with Crippen LogP contribution in [0.1, 0.15) is 0 Å². The molecule has 0 aliphatic heterocycles. The van der Waals surface area contributed by atoms with E-state index in [1.54, 1.807) is 50.6 Å². The van der Waals surface area contributed by atoms with Crippen LogP contribution >= 0.6 is 0 Å². The van der Waals surface area contributed by atoms with E-state index in [4.69, 9.17) is 15.2 Å². The lowest BCUT2D eigenvalue weighted by Crippen LogP contribution is -1.87. The third-order valence-corrected chi connectivity index (χ3v) is 3.68. The molecule has 3 aromatic rings. The van der Waals surface area contributed by atoms with Gasteiger partial charge in [0, 0.05) is 17.8 Å². The lowest BCUT2D eigenvalue weighted by Gasteiger charge is -2.09. The van der Waals surface area contributed by atoms with Crippen LogP contribution in [0.2, 0.25) is 0 Å². The summed E-state index contributed by atoms with van der Waals surface area (Å²) in [6, 6.07) is 19.9. The summed E-state index contributed by atoms with van der Waals surface area (Å²) >= 11 is 0. The first kappa shape index (κ1) is 18.1. The molecule has 0 saturated carbocycles. The van der Waals surface area contributed by atoms with Crippen LogP contribution in [0.25, 0.3) is 0 Å². The Hall–Kier alpha value is -3.74. The normalized spacial score (nSPS) is 11.2. The number of hydrogen-bond donors (Lipinski definition) is 1. The molecule has 0 unspecified atom stereocenters. The summed E-state index contributed by atoms with van der Waals surface area (Å²) in [5, 5.41) is 16.9. The van der Waals surface area contributed by atoms with Crippen molar-refractivity contribution in [3.63, 3.8) is 0 Å². The molecule has 3 rings (SSSR count). The van der Waals surface area contributed by atoms with E-state index in [9.17, 15) is 0 Å². The molecule has 7 nitrogen and oxygen atoms in total. The summed E-state index contributed by atoms with van der Waals surface area (Å²) in [6.07, 6.45) is 0. The number of rotatable bonds is 6. The van der Waals surface area contributed by atoms with Gasteiger partial charge in [-0.1, -0.05) is 18.2 Å². The molecule has 27 heavy (non-hydrogen) atoms. The highest BCUT2D eigenvalue weighted by molar-refractivity contribution is 5.66. The third-order valence-electron chi connectivity index (χ3n) is 3.68. The largest absolute Gasteiger partial charge is 0.494 e. The molecular weight excluding hydrogens is 342 g/mol. The van der Waals surface area contributed by atoms with Crippen LogP contribution in [0, 0.1) is 0 Å². The Labute approximate surface area is 157 Å². The molecule has 0 spiro atoms. The molecular formula is C20H19N5O2. The summed E-state index contributed by atoms with van der Waals surface area (Å²) in [5.41, 5.74) is 8.81. The maximum Gasteiger partial charge on any atom is 0.148 e. The van der Waals surface area contributed by atoms with Crippen molar-refractivity contribution in [2.45, 2.75) is 0 Å². The predicted molar refractivity (Wildman–Crippen MR) is 105 cm³/mol. The second-order valence-corrected chi connectivity index (χ2v) is 5.52. The molecule has 2 N–H and O–H groups in total. The Kier molecular flexibility index (Phi) is 5.73. The average molecular weight is 361 g/mol. The number of nitrogens with two attached hydrogens (primary N) is 1. The van der Waals surface area contributed by atoms with Crippen LogP contribution < -0.4 is 15.2 Å². The molecule has 3 aromatic carbocycles. The quantitative estimate of drug-likeness (QED) is 0.423.